The molecule has 0 bridgehead atoms. The van der Waals surface area contributed by atoms with Crippen molar-refractivity contribution in [2.75, 3.05) is 6.61 Å². The number of aryl methyl sites for hydroxylation is 1. The fraction of sp³-hybridized carbons (Fsp3) is 0.250. The van der Waals surface area contributed by atoms with Crippen LogP contribution in [-0.4, -0.2) is 16.3 Å². The highest BCUT2D eigenvalue weighted by Crippen LogP contribution is 2.24. The minimum atomic E-state index is 0.159. The summed E-state index contributed by atoms with van der Waals surface area (Å²) in [5, 5.41) is 12.1. The maximum absolute atomic E-state index is 9.27. The average molecular weight is 373 g/mol. The van der Waals surface area contributed by atoms with E-state index in [1.165, 1.54) is 11.1 Å². The van der Waals surface area contributed by atoms with Gasteiger partial charge >= 0.3 is 0 Å². The first-order valence-electron chi connectivity index (χ1n) is 8.26. The lowest BCUT2D eigenvalue weighted by Crippen LogP contribution is -2.16. The minimum Gasteiger partial charge on any atom is -0.396 e. The predicted molar refractivity (Wildman–Crippen MR) is 106 cm³/mol. The molecule has 0 spiro atoms. The second-order valence-electron chi connectivity index (χ2n) is 5.97. The van der Waals surface area contributed by atoms with Crippen molar-refractivity contribution in [3.05, 3.63) is 68.8 Å². The fourth-order valence-electron chi connectivity index (χ4n) is 2.67. The second kappa shape index (κ2) is 8.00. The van der Waals surface area contributed by atoms with Gasteiger partial charge in [-0.1, -0.05) is 35.9 Å². The van der Waals surface area contributed by atoms with Crippen LogP contribution in [0.5, 0.6) is 0 Å². The molecule has 0 fully saturated rings. The van der Waals surface area contributed by atoms with Crippen molar-refractivity contribution in [3.63, 3.8) is 0 Å². The standard InChI is InChI=1S/C20H21ClN2OS/c1-14-5-3-6-18(15(14)2)22-20-23(11-4-12-24)19(13-25-20)16-7-9-17(21)10-8-16/h3,5-10,13,24H,4,11-12H2,1-2H3. The highest BCUT2D eigenvalue weighted by molar-refractivity contribution is 7.07. The molecule has 1 aromatic heterocycles. The van der Waals surface area contributed by atoms with Crippen molar-refractivity contribution in [2.45, 2.75) is 26.8 Å². The number of hydrogen-bond donors (Lipinski definition) is 1. The molecule has 0 saturated heterocycles. The first-order valence-corrected chi connectivity index (χ1v) is 9.52. The first-order chi connectivity index (χ1) is 12.1. The van der Waals surface area contributed by atoms with E-state index in [0.717, 1.165) is 33.3 Å². The summed E-state index contributed by atoms with van der Waals surface area (Å²) in [5.74, 6) is 0. The molecule has 3 nitrogen and oxygen atoms in total. The van der Waals surface area contributed by atoms with E-state index in [4.69, 9.17) is 16.6 Å². The van der Waals surface area contributed by atoms with Gasteiger partial charge in [0.15, 0.2) is 4.80 Å². The molecule has 0 unspecified atom stereocenters. The van der Waals surface area contributed by atoms with Crippen LogP contribution in [0.3, 0.4) is 0 Å². The Morgan fingerprint density at radius 3 is 2.60 bits per heavy atom. The number of thiazole rings is 1. The van der Waals surface area contributed by atoms with Crippen LogP contribution in [0, 0.1) is 13.8 Å². The van der Waals surface area contributed by atoms with Crippen LogP contribution in [0.25, 0.3) is 11.3 Å². The molecule has 0 aliphatic carbocycles. The van der Waals surface area contributed by atoms with E-state index in [-0.39, 0.29) is 6.61 Å². The van der Waals surface area contributed by atoms with Crippen molar-refractivity contribution < 1.29 is 5.11 Å². The van der Waals surface area contributed by atoms with Gasteiger partial charge in [-0.2, -0.15) is 0 Å². The minimum absolute atomic E-state index is 0.159. The summed E-state index contributed by atoms with van der Waals surface area (Å²) in [6.07, 6.45) is 0.692. The lowest BCUT2D eigenvalue weighted by Gasteiger charge is -2.09. The molecule has 3 rings (SSSR count). The molecule has 2 aromatic carbocycles. The van der Waals surface area contributed by atoms with E-state index < -0.39 is 0 Å². The summed E-state index contributed by atoms with van der Waals surface area (Å²) in [6.45, 7) is 5.08. The van der Waals surface area contributed by atoms with Gasteiger partial charge in [0.05, 0.1) is 11.4 Å². The van der Waals surface area contributed by atoms with Crippen molar-refractivity contribution >= 4 is 28.6 Å². The van der Waals surface area contributed by atoms with E-state index in [0.29, 0.717) is 6.42 Å². The molecule has 3 aromatic rings. The fourth-order valence-corrected chi connectivity index (χ4v) is 3.75. The molecule has 0 saturated carbocycles. The summed E-state index contributed by atoms with van der Waals surface area (Å²) >= 11 is 7.63. The van der Waals surface area contributed by atoms with E-state index in [1.54, 1.807) is 11.3 Å². The zero-order valence-corrected chi connectivity index (χ0v) is 15.9. The Bertz CT molecular complexity index is 926. The number of hydrogen-bond acceptors (Lipinski definition) is 3. The van der Waals surface area contributed by atoms with Gasteiger partial charge in [-0.25, -0.2) is 4.99 Å². The SMILES string of the molecule is Cc1cccc(N=c2scc(-c3ccc(Cl)cc3)n2CCCO)c1C. The molecule has 0 amide bonds. The van der Waals surface area contributed by atoms with Gasteiger partial charge < -0.3 is 9.67 Å². The molecule has 0 aliphatic rings. The Hall–Kier alpha value is -1.88. The van der Waals surface area contributed by atoms with Crippen molar-refractivity contribution in [1.82, 2.24) is 4.57 Å². The van der Waals surface area contributed by atoms with Crippen LogP contribution in [0.2, 0.25) is 5.02 Å². The smallest absolute Gasteiger partial charge is 0.190 e. The molecule has 1 heterocycles. The number of halogens is 1. The van der Waals surface area contributed by atoms with E-state index >= 15 is 0 Å². The topological polar surface area (TPSA) is 37.5 Å². The molecule has 0 atom stereocenters. The quantitative estimate of drug-likeness (QED) is 0.664. The summed E-state index contributed by atoms with van der Waals surface area (Å²) < 4.78 is 2.17. The third-order valence-corrected chi connectivity index (χ3v) is 5.39. The van der Waals surface area contributed by atoms with E-state index in [1.807, 2.05) is 36.4 Å². The van der Waals surface area contributed by atoms with E-state index in [2.05, 4.69) is 29.9 Å². The van der Waals surface area contributed by atoms with Crippen LogP contribution >= 0.6 is 22.9 Å². The molecule has 0 radical (unpaired) electrons. The molecule has 1 N–H and O–H groups in total. The highest BCUT2D eigenvalue weighted by atomic mass is 35.5. The third-order valence-electron chi connectivity index (χ3n) is 4.27. The number of aromatic nitrogens is 1. The molecular formula is C20H21ClN2OS. The number of aliphatic hydroxyl groups excluding tert-OH is 1. The monoisotopic (exact) mass is 372 g/mol. The maximum Gasteiger partial charge on any atom is 0.190 e. The first kappa shape index (κ1) is 17.9. The lowest BCUT2D eigenvalue weighted by atomic mass is 10.1. The van der Waals surface area contributed by atoms with Gasteiger partial charge in [0, 0.05) is 23.6 Å². The number of aliphatic hydroxyl groups is 1. The molecule has 130 valence electrons. The van der Waals surface area contributed by atoms with Crippen LogP contribution in [0.4, 0.5) is 5.69 Å². The van der Waals surface area contributed by atoms with E-state index in [9.17, 15) is 5.11 Å². The van der Waals surface area contributed by atoms with Crippen LogP contribution in [-0.2, 0) is 6.54 Å². The van der Waals surface area contributed by atoms with Crippen molar-refractivity contribution in [3.8, 4) is 11.3 Å². The van der Waals surface area contributed by atoms with Gasteiger partial charge in [0.1, 0.15) is 0 Å². The molecular weight excluding hydrogens is 352 g/mol. The number of nitrogens with zero attached hydrogens (tertiary/aromatic N) is 2. The molecule has 0 aliphatic heterocycles. The Morgan fingerprint density at radius 1 is 1.12 bits per heavy atom. The normalized spacial score (nSPS) is 11.9. The maximum atomic E-state index is 9.27. The van der Waals surface area contributed by atoms with Gasteiger partial charge in [-0.05, 0) is 55.2 Å². The Balaban J connectivity index is 2.12. The Morgan fingerprint density at radius 2 is 1.88 bits per heavy atom. The lowest BCUT2D eigenvalue weighted by molar-refractivity contribution is 0.279. The van der Waals surface area contributed by atoms with Crippen molar-refractivity contribution in [1.29, 1.82) is 0 Å². The van der Waals surface area contributed by atoms with Gasteiger partial charge in [0.25, 0.3) is 0 Å². The largest absolute Gasteiger partial charge is 0.396 e. The Labute approximate surface area is 156 Å². The summed E-state index contributed by atoms with van der Waals surface area (Å²) in [5.41, 5.74) is 5.61. The van der Waals surface area contributed by atoms with Gasteiger partial charge in [0.2, 0.25) is 0 Å². The summed E-state index contributed by atoms with van der Waals surface area (Å²) in [7, 11) is 0. The average Bonchev–Trinajstić information content (AvgIpc) is 3.00. The van der Waals surface area contributed by atoms with Crippen LogP contribution < -0.4 is 4.80 Å². The number of rotatable bonds is 5. The van der Waals surface area contributed by atoms with Gasteiger partial charge in [-0.3, -0.25) is 0 Å². The molecule has 5 heteroatoms. The third kappa shape index (κ3) is 4.03. The second-order valence-corrected chi connectivity index (χ2v) is 7.24. The number of benzene rings is 2. The molecule has 25 heavy (non-hydrogen) atoms. The van der Waals surface area contributed by atoms with Crippen molar-refractivity contribution in [2.24, 2.45) is 4.99 Å². The zero-order valence-electron chi connectivity index (χ0n) is 14.4. The predicted octanol–water partition coefficient (Wildman–Crippen LogP) is 5.10. The summed E-state index contributed by atoms with van der Waals surface area (Å²) in [6, 6.07) is 14.0. The highest BCUT2D eigenvalue weighted by Gasteiger charge is 2.09. The van der Waals surface area contributed by atoms with Gasteiger partial charge in [-0.15, -0.1) is 11.3 Å². The van der Waals surface area contributed by atoms with Crippen LogP contribution in [0.1, 0.15) is 17.5 Å². The van der Waals surface area contributed by atoms with Crippen LogP contribution in [0.15, 0.2) is 52.8 Å². The summed E-state index contributed by atoms with van der Waals surface area (Å²) in [4.78, 5) is 5.83. The zero-order chi connectivity index (χ0) is 17.8. The Kier molecular flexibility index (Phi) is 5.74.